The van der Waals surface area contributed by atoms with Crippen molar-refractivity contribution < 1.29 is 4.74 Å². The van der Waals surface area contributed by atoms with Gasteiger partial charge in [0, 0.05) is 50.4 Å². The van der Waals surface area contributed by atoms with Gasteiger partial charge < -0.3 is 15.0 Å². The van der Waals surface area contributed by atoms with Crippen molar-refractivity contribution >= 4 is 5.69 Å². The van der Waals surface area contributed by atoms with E-state index < -0.39 is 0 Å². The Balaban J connectivity index is 1.78. The number of hydrogen-bond donors (Lipinski definition) is 1. The summed E-state index contributed by atoms with van der Waals surface area (Å²) >= 11 is 0. The zero-order valence-electron chi connectivity index (χ0n) is 13.6. The molecule has 0 saturated heterocycles. The first-order chi connectivity index (χ1) is 10.2. The van der Waals surface area contributed by atoms with Gasteiger partial charge in [-0.25, -0.2) is 0 Å². The first kappa shape index (κ1) is 16.2. The van der Waals surface area contributed by atoms with Crippen LogP contribution in [0.3, 0.4) is 0 Å². The minimum Gasteiger partial charge on any atom is -0.379 e. The summed E-state index contributed by atoms with van der Waals surface area (Å²) in [6.07, 6.45) is 6.53. The monoisotopic (exact) mass is 291 g/mol. The number of ether oxygens (including phenoxy) is 1. The molecule has 21 heavy (non-hydrogen) atoms. The van der Waals surface area contributed by atoms with Gasteiger partial charge in [-0.05, 0) is 37.3 Å². The van der Waals surface area contributed by atoms with Crippen molar-refractivity contribution in [2.24, 2.45) is 11.8 Å². The molecule has 1 N–H and O–H groups in total. The molecular formula is C17H29N3O. The predicted octanol–water partition coefficient (Wildman–Crippen LogP) is 2.69. The van der Waals surface area contributed by atoms with E-state index in [-0.39, 0.29) is 0 Å². The van der Waals surface area contributed by atoms with E-state index in [0.717, 1.165) is 38.8 Å². The zero-order valence-corrected chi connectivity index (χ0v) is 13.6. The highest BCUT2D eigenvalue weighted by Crippen LogP contribution is 2.28. The summed E-state index contributed by atoms with van der Waals surface area (Å²) in [4.78, 5) is 6.52. The van der Waals surface area contributed by atoms with E-state index in [4.69, 9.17) is 4.74 Å². The molecule has 4 nitrogen and oxygen atoms in total. The normalized spacial score (nSPS) is 14.7. The molecule has 1 heterocycles. The van der Waals surface area contributed by atoms with Crippen molar-refractivity contribution in [1.29, 1.82) is 0 Å². The summed E-state index contributed by atoms with van der Waals surface area (Å²) in [5.74, 6) is 1.51. The van der Waals surface area contributed by atoms with E-state index in [9.17, 15) is 0 Å². The summed E-state index contributed by atoms with van der Waals surface area (Å²) in [7, 11) is 2.13. The van der Waals surface area contributed by atoms with Crippen LogP contribution in [0.25, 0.3) is 0 Å². The molecule has 1 aromatic heterocycles. The lowest BCUT2D eigenvalue weighted by Gasteiger charge is -2.22. The molecule has 0 radical (unpaired) electrons. The van der Waals surface area contributed by atoms with E-state index in [1.54, 1.807) is 0 Å². The topological polar surface area (TPSA) is 37.4 Å². The van der Waals surface area contributed by atoms with E-state index in [0.29, 0.717) is 5.92 Å². The molecule has 0 aromatic carbocycles. The lowest BCUT2D eigenvalue weighted by molar-refractivity contribution is 0.131. The van der Waals surface area contributed by atoms with Crippen molar-refractivity contribution in [1.82, 2.24) is 10.3 Å². The smallest absolute Gasteiger partial charge is 0.0641 e. The number of anilines is 1. The SMILES string of the molecule is CC(C)CNCc1cnccc1N(C)CCOCC1CC1. The Morgan fingerprint density at radius 1 is 1.43 bits per heavy atom. The molecule has 0 bridgehead atoms. The molecule has 118 valence electrons. The third kappa shape index (κ3) is 6.02. The number of pyridine rings is 1. The summed E-state index contributed by atoms with van der Waals surface area (Å²) in [5, 5.41) is 3.49. The molecule has 1 fully saturated rings. The van der Waals surface area contributed by atoms with Crippen LogP contribution in [-0.4, -0.2) is 38.3 Å². The third-order valence-electron chi connectivity index (χ3n) is 3.78. The van der Waals surface area contributed by atoms with Crippen LogP contribution in [0.1, 0.15) is 32.3 Å². The first-order valence-electron chi connectivity index (χ1n) is 8.09. The number of likely N-dealkylation sites (N-methyl/N-ethyl adjacent to an activating group) is 1. The second-order valence-electron chi connectivity index (χ2n) is 6.47. The average Bonchev–Trinajstić information content (AvgIpc) is 3.28. The molecule has 0 atom stereocenters. The van der Waals surface area contributed by atoms with Gasteiger partial charge >= 0.3 is 0 Å². The fourth-order valence-electron chi connectivity index (χ4n) is 2.28. The largest absolute Gasteiger partial charge is 0.379 e. The molecule has 1 aromatic rings. The van der Waals surface area contributed by atoms with Crippen molar-refractivity contribution in [2.75, 3.05) is 38.3 Å². The summed E-state index contributed by atoms with van der Waals surface area (Å²) in [6.45, 7) is 9.01. The predicted molar refractivity (Wildman–Crippen MR) is 87.6 cm³/mol. The van der Waals surface area contributed by atoms with Crippen LogP contribution in [0.4, 0.5) is 5.69 Å². The van der Waals surface area contributed by atoms with Gasteiger partial charge in [0.15, 0.2) is 0 Å². The first-order valence-corrected chi connectivity index (χ1v) is 8.09. The van der Waals surface area contributed by atoms with Gasteiger partial charge in [-0.15, -0.1) is 0 Å². The Bertz CT molecular complexity index is 418. The van der Waals surface area contributed by atoms with Gasteiger partial charge in [-0.1, -0.05) is 13.8 Å². The summed E-state index contributed by atoms with van der Waals surface area (Å²) in [5.41, 5.74) is 2.50. The van der Waals surface area contributed by atoms with Crippen LogP contribution < -0.4 is 10.2 Å². The number of nitrogens with zero attached hydrogens (tertiary/aromatic N) is 2. The maximum atomic E-state index is 5.73. The molecule has 4 heteroatoms. The second kappa shape index (κ2) is 8.35. The van der Waals surface area contributed by atoms with Crippen LogP contribution >= 0.6 is 0 Å². The minimum atomic E-state index is 0.665. The van der Waals surface area contributed by atoms with E-state index in [1.807, 2.05) is 12.4 Å². The maximum Gasteiger partial charge on any atom is 0.0641 e. The van der Waals surface area contributed by atoms with Crippen LogP contribution in [0.2, 0.25) is 0 Å². The fourth-order valence-corrected chi connectivity index (χ4v) is 2.28. The van der Waals surface area contributed by atoms with E-state index in [1.165, 1.54) is 24.1 Å². The van der Waals surface area contributed by atoms with Gasteiger partial charge in [-0.3, -0.25) is 4.98 Å². The Morgan fingerprint density at radius 2 is 2.24 bits per heavy atom. The lowest BCUT2D eigenvalue weighted by Crippen LogP contribution is -2.26. The van der Waals surface area contributed by atoms with Gasteiger partial charge in [0.25, 0.3) is 0 Å². The van der Waals surface area contributed by atoms with Gasteiger partial charge in [0.1, 0.15) is 0 Å². The molecule has 1 aliphatic carbocycles. The maximum absolute atomic E-state index is 5.73. The van der Waals surface area contributed by atoms with Crippen LogP contribution in [0, 0.1) is 11.8 Å². The summed E-state index contributed by atoms with van der Waals surface area (Å²) in [6, 6.07) is 2.09. The highest BCUT2D eigenvalue weighted by molar-refractivity contribution is 5.51. The fraction of sp³-hybridized carbons (Fsp3) is 0.706. The number of rotatable bonds is 10. The molecule has 1 aliphatic rings. The van der Waals surface area contributed by atoms with E-state index in [2.05, 4.69) is 42.2 Å². The Kier molecular flexibility index (Phi) is 6.46. The highest BCUT2D eigenvalue weighted by Gasteiger charge is 2.21. The molecule has 0 amide bonds. The third-order valence-corrected chi connectivity index (χ3v) is 3.78. The Hall–Kier alpha value is -1.13. The quantitative estimate of drug-likeness (QED) is 0.673. The standard InChI is InChI=1S/C17H29N3O/c1-14(2)10-19-12-16-11-18-7-6-17(16)20(3)8-9-21-13-15-4-5-15/h6-7,11,14-15,19H,4-5,8-10,12-13H2,1-3H3. The van der Waals surface area contributed by atoms with Crippen molar-refractivity contribution in [3.05, 3.63) is 24.0 Å². The lowest BCUT2D eigenvalue weighted by atomic mass is 10.2. The number of aromatic nitrogens is 1. The number of hydrogen-bond acceptors (Lipinski definition) is 4. The van der Waals surface area contributed by atoms with Crippen LogP contribution in [0.5, 0.6) is 0 Å². The van der Waals surface area contributed by atoms with Gasteiger partial charge in [0.05, 0.1) is 6.61 Å². The zero-order chi connectivity index (χ0) is 15.1. The molecule has 0 spiro atoms. The molecule has 0 aliphatic heterocycles. The van der Waals surface area contributed by atoms with Crippen LogP contribution in [0.15, 0.2) is 18.5 Å². The molecular weight excluding hydrogens is 262 g/mol. The molecule has 1 saturated carbocycles. The van der Waals surface area contributed by atoms with Crippen molar-refractivity contribution in [3.8, 4) is 0 Å². The number of nitrogens with one attached hydrogen (secondary N) is 1. The second-order valence-corrected chi connectivity index (χ2v) is 6.47. The highest BCUT2D eigenvalue weighted by atomic mass is 16.5. The van der Waals surface area contributed by atoms with Crippen molar-refractivity contribution in [2.45, 2.75) is 33.2 Å². The van der Waals surface area contributed by atoms with E-state index >= 15 is 0 Å². The van der Waals surface area contributed by atoms with Crippen LogP contribution in [-0.2, 0) is 11.3 Å². The van der Waals surface area contributed by atoms with Crippen molar-refractivity contribution in [3.63, 3.8) is 0 Å². The minimum absolute atomic E-state index is 0.665. The van der Waals surface area contributed by atoms with Gasteiger partial charge in [0.2, 0.25) is 0 Å². The molecule has 2 rings (SSSR count). The Morgan fingerprint density at radius 3 is 2.95 bits per heavy atom. The van der Waals surface area contributed by atoms with Gasteiger partial charge in [-0.2, -0.15) is 0 Å². The molecule has 0 unspecified atom stereocenters. The Labute approximate surface area is 128 Å². The average molecular weight is 291 g/mol. The summed E-state index contributed by atoms with van der Waals surface area (Å²) < 4.78 is 5.73.